The van der Waals surface area contributed by atoms with Crippen molar-refractivity contribution in [2.24, 2.45) is 23.7 Å². The molecule has 0 spiro atoms. The number of carboxylic acids is 1. The Balaban J connectivity index is 1.40. The van der Waals surface area contributed by atoms with Gasteiger partial charge in [-0.05, 0) is 62.3 Å². The van der Waals surface area contributed by atoms with Gasteiger partial charge in [0.15, 0.2) is 0 Å². The fourth-order valence-corrected chi connectivity index (χ4v) is 7.40. The maximum Gasteiger partial charge on any atom is 0.307 e. The maximum absolute atomic E-state index is 13.3. The van der Waals surface area contributed by atoms with Gasteiger partial charge in [0.1, 0.15) is 5.00 Å². The Hall–Kier alpha value is -2.15. The highest BCUT2D eigenvalue weighted by molar-refractivity contribution is 7.17. The van der Waals surface area contributed by atoms with Gasteiger partial charge in [-0.1, -0.05) is 31.4 Å². The van der Waals surface area contributed by atoms with Crippen LogP contribution in [0.2, 0.25) is 0 Å². The van der Waals surface area contributed by atoms with E-state index in [1.54, 1.807) is 0 Å². The number of carbonyl (C=O) groups excluding carboxylic acids is 2. The Morgan fingerprint density at radius 2 is 1.65 bits per heavy atom. The van der Waals surface area contributed by atoms with Gasteiger partial charge in [0.2, 0.25) is 5.91 Å². The summed E-state index contributed by atoms with van der Waals surface area (Å²) in [5.41, 5.74) is 1.71. The van der Waals surface area contributed by atoms with E-state index in [4.69, 9.17) is 0 Å². The second-order valence-corrected chi connectivity index (χ2v) is 10.7. The molecule has 2 amide bonds. The number of hydrogen-bond donors (Lipinski definition) is 3. The van der Waals surface area contributed by atoms with Crippen molar-refractivity contribution >= 4 is 34.1 Å². The van der Waals surface area contributed by atoms with Gasteiger partial charge in [-0.15, -0.1) is 11.3 Å². The lowest BCUT2D eigenvalue weighted by Gasteiger charge is -2.25. The van der Waals surface area contributed by atoms with E-state index in [1.165, 1.54) is 22.6 Å². The molecule has 6 nitrogen and oxygen atoms in total. The van der Waals surface area contributed by atoms with Crippen LogP contribution < -0.4 is 10.6 Å². The van der Waals surface area contributed by atoms with Crippen LogP contribution in [0.1, 0.15) is 72.2 Å². The zero-order valence-electron chi connectivity index (χ0n) is 17.7. The molecule has 4 atom stereocenters. The molecule has 4 aliphatic carbocycles. The number of carbonyl (C=O) groups is 3. The third-order valence-electron chi connectivity index (χ3n) is 7.62. The molecule has 2 fully saturated rings. The second-order valence-electron chi connectivity index (χ2n) is 9.55. The summed E-state index contributed by atoms with van der Waals surface area (Å²) in [4.78, 5) is 39.6. The summed E-state index contributed by atoms with van der Waals surface area (Å²) in [5, 5.41) is 16.6. The van der Waals surface area contributed by atoms with Crippen LogP contribution in [-0.4, -0.2) is 28.9 Å². The largest absolute Gasteiger partial charge is 0.481 e. The van der Waals surface area contributed by atoms with E-state index >= 15 is 0 Å². The van der Waals surface area contributed by atoms with Crippen molar-refractivity contribution in [1.82, 2.24) is 5.32 Å². The van der Waals surface area contributed by atoms with Crippen LogP contribution in [0.3, 0.4) is 0 Å². The minimum absolute atomic E-state index is 0.0276. The Bertz CT molecular complexity index is 930. The first-order chi connectivity index (χ1) is 15.0. The fourth-order valence-electron chi connectivity index (χ4n) is 6.11. The minimum atomic E-state index is -0.905. The molecule has 5 rings (SSSR count). The number of rotatable bonds is 5. The Labute approximate surface area is 186 Å². The Kier molecular flexibility index (Phi) is 5.63. The van der Waals surface area contributed by atoms with Crippen molar-refractivity contribution in [3.63, 3.8) is 0 Å². The van der Waals surface area contributed by atoms with Crippen LogP contribution in [-0.2, 0) is 22.4 Å². The number of carboxylic acid groups (broad SMARTS) is 1. The standard InChI is InChI=1S/C24H30N2O4S/c27-21(18-13-10-11-14(12-13)19(18)24(29)30)26-23-20(16-8-4-5-9-17(16)31-23)22(28)25-15-6-2-1-3-7-15/h10-11,13-15,18-19H,1-9,12H2,(H,25,28)(H,26,27)(H,29,30)/t13-,14+,18+,19+/m1/s1. The van der Waals surface area contributed by atoms with E-state index in [2.05, 4.69) is 10.6 Å². The summed E-state index contributed by atoms with van der Waals surface area (Å²) >= 11 is 1.51. The Morgan fingerprint density at radius 3 is 2.39 bits per heavy atom. The van der Waals surface area contributed by atoms with E-state index < -0.39 is 17.8 Å². The van der Waals surface area contributed by atoms with Crippen LogP contribution in [0.25, 0.3) is 0 Å². The van der Waals surface area contributed by atoms with Crippen LogP contribution in [0.4, 0.5) is 5.00 Å². The first kappa shape index (κ1) is 20.7. The molecule has 2 saturated carbocycles. The van der Waals surface area contributed by atoms with Gasteiger partial charge in [0.25, 0.3) is 5.91 Å². The van der Waals surface area contributed by atoms with Gasteiger partial charge in [-0.2, -0.15) is 0 Å². The molecule has 4 aliphatic rings. The number of thiophene rings is 1. The van der Waals surface area contributed by atoms with E-state index in [0.29, 0.717) is 10.6 Å². The van der Waals surface area contributed by atoms with Crippen molar-refractivity contribution in [3.05, 3.63) is 28.2 Å². The Morgan fingerprint density at radius 1 is 0.935 bits per heavy atom. The highest BCUT2D eigenvalue weighted by atomic mass is 32.1. The molecule has 0 unspecified atom stereocenters. The highest BCUT2D eigenvalue weighted by Crippen LogP contribution is 2.49. The predicted molar refractivity (Wildman–Crippen MR) is 119 cm³/mol. The monoisotopic (exact) mass is 442 g/mol. The highest BCUT2D eigenvalue weighted by Gasteiger charge is 2.51. The first-order valence-corrected chi connectivity index (χ1v) is 12.5. The average Bonchev–Trinajstić information content (AvgIpc) is 3.46. The summed E-state index contributed by atoms with van der Waals surface area (Å²) in [5.74, 6) is -2.58. The van der Waals surface area contributed by atoms with Crippen LogP contribution in [0.15, 0.2) is 12.2 Å². The van der Waals surface area contributed by atoms with Crippen molar-refractivity contribution in [2.45, 2.75) is 70.3 Å². The van der Waals surface area contributed by atoms with E-state index in [9.17, 15) is 19.5 Å². The molecule has 31 heavy (non-hydrogen) atoms. The van der Waals surface area contributed by atoms with Crippen molar-refractivity contribution < 1.29 is 19.5 Å². The number of anilines is 1. The smallest absolute Gasteiger partial charge is 0.307 e. The summed E-state index contributed by atoms with van der Waals surface area (Å²) in [6.45, 7) is 0. The van der Waals surface area contributed by atoms with Gasteiger partial charge in [0, 0.05) is 10.9 Å². The van der Waals surface area contributed by atoms with Crippen LogP contribution in [0, 0.1) is 23.7 Å². The van der Waals surface area contributed by atoms with E-state index in [1.807, 2.05) is 12.2 Å². The summed E-state index contributed by atoms with van der Waals surface area (Å²) in [6.07, 6.45) is 14.2. The lowest BCUT2D eigenvalue weighted by atomic mass is 9.82. The summed E-state index contributed by atoms with van der Waals surface area (Å²) in [7, 11) is 0. The number of amides is 2. The predicted octanol–water partition coefficient (Wildman–Crippen LogP) is 4.15. The second kappa shape index (κ2) is 8.41. The van der Waals surface area contributed by atoms with E-state index in [0.717, 1.165) is 63.4 Å². The van der Waals surface area contributed by atoms with Gasteiger partial charge < -0.3 is 15.7 Å². The summed E-state index contributed by atoms with van der Waals surface area (Å²) < 4.78 is 0. The molecule has 0 aromatic carbocycles. The number of nitrogens with one attached hydrogen (secondary N) is 2. The molecule has 3 N–H and O–H groups in total. The number of hydrogen-bond acceptors (Lipinski definition) is 4. The minimum Gasteiger partial charge on any atom is -0.481 e. The van der Waals surface area contributed by atoms with Crippen molar-refractivity contribution in [2.75, 3.05) is 5.32 Å². The third-order valence-corrected chi connectivity index (χ3v) is 8.83. The normalized spacial score (nSPS) is 29.5. The topological polar surface area (TPSA) is 95.5 Å². The third kappa shape index (κ3) is 3.81. The molecule has 166 valence electrons. The number of aryl methyl sites for hydroxylation is 1. The molecular formula is C24H30N2O4S. The van der Waals surface area contributed by atoms with Crippen molar-refractivity contribution in [1.29, 1.82) is 0 Å². The molecule has 2 bridgehead atoms. The molecular weight excluding hydrogens is 412 g/mol. The fraction of sp³-hybridized carbons (Fsp3) is 0.625. The number of fused-ring (bicyclic) bond motifs is 3. The zero-order chi connectivity index (χ0) is 21.5. The van der Waals surface area contributed by atoms with Crippen LogP contribution >= 0.6 is 11.3 Å². The molecule has 0 aliphatic heterocycles. The number of allylic oxidation sites excluding steroid dienone is 2. The quantitative estimate of drug-likeness (QED) is 0.597. The maximum atomic E-state index is 13.3. The van der Waals surface area contributed by atoms with Gasteiger partial charge in [-0.3, -0.25) is 14.4 Å². The molecule has 0 radical (unpaired) electrons. The van der Waals surface area contributed by atoms with Gasteiger partial charge in [0.05, 0.1) is 17.4 Å². The molecule has 1 aromatic rings. The molecule has 0 saturated heterocycles. The molecule has 1 aromatic heterocycles. The van der Waals surface area contributed by atoms with Crippen LogP contribution in [0.5, 0.6) is 0 Å². The lowest BCUT2D eigenvalue weighted by molar-refractivity contribution is -0.146. The SMILES string of the molecule is O=C(NC1CCCCC1)c1c(NC(=O)[C@@H]2[C@@H](C(=O)O)[C@H]3C=C[C@@H]2C3)sc2c1CCCC2. The summed E-state index contributed by atoms with van der Waals surface area (Å²) in [6, 6.07) is 0.205. The zero-order valence-corrected chi connectivity index (χ0v) is 18.5. The molecule has 7 heteroatoms. The van der Waals surface area contributed by atoms with E-state index in [-0.39, 0.29) is 29.7 Å². The lowest BCUT2D eigenvalue weighted by Crippen LogP contribution is -2.38. The van der Waals surface area contributed by atoms with Crippen molar-refractivity contribution in [3.8, 4) is 0 Å². The first-order valence-electron chi connectivity index (χ1n) is 11.7. The van der Waals surface area contributed by atoms with Gasteiger partial charge in [-0.25, -0.2) is 0 Å². The molecule has 1 heterocycles. The average molecular weight is 443 g/mol. The van der Waals surface area contributed by atoms with Gasteiger partial charge >= 0.3 is 5.97 Å². The number of aliphatic carboxylic acids is 1.